The van der Waals surface area contributed by atoms with Crippen LogP contribution < -0.4 is 9.47 Å². The second kappa shape index (κ2) is 17.8. The minimum absolute atomic E-state index is 0.0660. The van der Waals surface area contributed by atoms with Gasteiger partial charge in [-0.25, -0.2) is 0 Å². The van der Waals surface area contributed by atoms with Gasteiger partial charge < -0.3 is 9.47 Å². The van der Waals surface area contributed by atoms with Gasteiger partial charge in [-0.2, -0.15) is 25.8 Å². The monoisotopic (exact) mass is 606 g/mol. The van der Waals surface area contributed by atoms with Crippen molar-refractivity contribution in [2.24, 2.45) is 0 Å². The molecule has 0 aromatic heterocycles. The highest BCUT2D eigenvalue weighted by molar-refractivity contribution is 8.76. The second-order valence-electron chi connectivity index (χ2n) is 9.48. The first-order valence-electron chi connectivity index (χ1n) is 13.2. The fourth-order valence-electron chi connectivity index (χ4n) is 3.89. The van der Waals surface area contributed by atoms with Crippen molar-refractivity contribution in [3.63, 3.8) is 0 Å². The lowest BCUT2D eigenvalue weighted by atomic mass is 10.1. The Balaban J connectivity index is 1.86. The van der Waals surface area contributed by atoms with Gasteiger partial charge in [0.15, 0.2) is 0 Å². The maximum Gasteiger partial charge on any atom is 0.441 e. The summed E-state index contributed by atoms with van der Waals surface area (Å²) in [5, 5.41) is 0. The van der Waals surface area contributed by atoms with Crippen LogP contribution in [-0.4, -0.2) is 30.2 Å². The fourth-order valence-corrected chi connectivity index (χ4v) is 7.18. The molecule has 0 spiro atoms. The van der Waals surface area contributed by atoms with E-state index >= 15 is 0 Å². The molecule has 2 nitrogen and oxygen atoms in total. The number of unbranched alkanes of at least 4 members (excludes halogenated alkanes) is 6. The van der Waals surface area contributed by atoms with Gasteiger partial charge >= 0.3 is 5.51 Å². The molecule has 0 saturated carbocycles. The minimum atomic E-state index is -4.13. The quantitative estimate of drug-likeness (QED) is 0.103. The predicted molar refractivity (Wildman–Crippen MR) is 164 cm³/mol. The number of thiol groups is 1. The summed E-state index contributed by atoms with van der Waals surface area (Å²) in [5.41, 5.74) is 0.566. The Labute approximate surface area is 244 Å². The van der Waals surface area contributed by atoms with E-state index in [0.717, 1.165) is 72.0 Å². The van der Waals surface area contributed by atoms with Crippen molar-refractivity contribution in [2.75, 3.05) is 24.7 Å². The average molecular weight is 607 g/mol. The Morgan fingerprint density at radius 3 is 1.53 bits per heavy atom. The highest BCUT2D eigenvalue weighted by Crippen LogP contribution is 2.43. The van der Waals surface area contributed by atoms with Crippen LogP contribution in [0.5, 0.6) is 11.5 Å². The molecule has 2 aromatic rings. The fraction of sp³-hybridized carbons (Fsp3) is 0.586. The number of aryl methyl sites for hydroxylation is 4. The molecule has 0 atom stereocenters. The number of alkyl halides is 3. The highest BCUT2D eigenvalue weighted by atomic mass is 33.1. The first kappa shape index (κ1) is 33.4. The third kappa shape index (κ3) is 13.1. The number of rotatable bonds is 18. The van der Waals surface area contributed by atoms with Crippen LogP contribution in [0.15, 0.2) is 34.1 Å². The molecule has 0 amide bonds. The number of benzene rings is 2. The minimum Gasteiger partial charge on any atom is -0.493 e. The molecule has 0 radical (unpaired) electrons. The summed E-state index contributed by atoms with van der Waals surface area (Å²) in [4.78, 5) is 2.35. The summed E-state index contributed by atoms with van der Waals surface area (Å²) in [6.45, 7) is 9.70. The molecule has 0 bridgehead atoms. The molecule has 0 saturated heterocycles. The first-order chi connectivity index (χ1) is 18.1. The molecule has 0 aliphatic carbocycles. The number of hydrogen-bond acceptors (Lipinski definition) is 6. The molecule has 0 N–H and O–H groups in total. The molecule has 0 unspecified atom stereocenters. The van der Waals surface area contributed by atoms with E-state index in [0.29, 0.717) is 13.0 Å². The molecule has 0 fully saturated rings. The number of ether oxygens (including phenoxy) is 2. The van der Waals surface area contributed by atoms with Gasteiger partial charge in [0, 0.05) is 15.5 Å². The zero-order valence-electron chi connectivity index (χ0n) is 22.9. The maximum absolute atomic E-state index is 12.2. The van der Waals surface area contributed by atoms with E-state index < -0.39 is 5.51 Å². The van der Waals surface area contributed by atoms with Crippen molar-refractivity contribution in [2.45, 2.75) is 94.4 Å². The first-order valence-corrected chi connectivity index (χ1v) is 17.0. The van der Waals surface area contributed by atoms with Crippen LogP contribution in [0.25, 0.3) is 0 Å². The van der Waals surface area contributed by atoms with E-state index in [-0.39, 0.29) is 17.5 Å². The lowest BCUT2D eigenvalue weighted by Crippen LogP contribution is -2.02. The van der Waals surface area contributed by atoms with Crippen LogP contribution in [0.2, 0.25) is 0 Å². The van der Waals surface area contributed by atoms with E-state index in [1.807, 2.05) is 6.92 Å². The van der Waals surface area contributed by atoms with Crippen LogP contribution >= 0.6 is 46.0 Å². The Kier molecular flexibility index (Phi) is 15.7. The van der Waals surface area contributed by atoms with Gasteiger partial charge in [0.2, 0.25) is 0 Å². The third-order valence-corrected chi connectivity index (χ3v) is 9.82. The summed E-state index contributed by atoms with van der Waals surface area (Å²) in [6.07, 6.45) is 7.65. The Hall–Kier alpha value is -0.770. The van der Waals surface area contributed by atoms with Gasteiger partial charge in [0.25, 0.3) is 0 Å². The molecule has 214 valence electrons. The van der Waals surface area contributed by atoms with E-state index in [9.17, 15) is 13.2 Å². The lowest BCUT2D eigenvalue weighted by molar-refractivity contribution is -0.0328. The molecular formula is C29H41F3O2S4. The normalized spacial score (nSPS) is 11.7. The molecule has 0 aliphatic heterocycles. The summed E-state index contributed by atoms with van der Waals surface area (Å²) in [7, 11) is 3.46. The number of thioether (sulfide) groups is 1. The van der Waals surface area contributed by atoms with E-state index in [4.69, 9.17) is 9.47 Å². The maximum atomic E-state index is 12.2. The van der Waals surface area contributed by atoms with Crippen LogP contribution in [0.1, 0.15) is 73.6 Å². The highest BCUT2D eigenvalue weighted by Gasteiger charge is 2.27. The predicted octanol–water partition coefficient (Wildman–Crippen LogP) is 10.8. The van der Waals surface area contributed by atoms with Crippen molar-refractivity contribution in [3.8, 4) is 11.5 Å². The van der Waals surface area contributed by atoms with Gasteiger partial charge in [0.1, 0.15) is 11.5 Å². The Morgan fingerprint density at radius 2 is 1.08 bits per heavy atom. The number of halogens is 3. The molecule has 0 aliphatic rings. The van der Waals surface area contributed by atoms with E-state index in [2.05, 4.69) is 57.7 Å². The van der Waals surface area contributed by atoms with Gasteiger partial charge in [-0.3, -0.25) is 0 Å². The zero-order chi connectivity index (χ0) is 28.0. The summed E-state index contributed by atoms with van der Waals surface area (Å²) < 4.78 is 48.8. The third-order valence-electron chi connectivity index (χ3n) is 6.04. The molecule has 2 rings (SSSR count). The van der Waals surface area contributed by atoms with Crippen molar-refractivity contribution < 1.29 is 22.6 Å². The SMILES string of the molecule is Cc1cc(C)c(SSc2cc(OCCCCCCSC(F)(F)F)c(C)cc2C)cc1OCCCCCCS. The van der Waals surface area contributed by atoms with Gasteiger partial charge in [-0.15, -0.1) is 0 Å². The van der Waals surface area contributed by atoms with Gasteiger partial charge in [-0.1, -0.05) is 71.2 Å². The number of hydrogen-bond donors (Lipinski definition) is 1. The van der Waals surface area contributed by atoms with Crippen molar-refractivity contribution in [1.29, 1.82) is 0 Å². The van der Waals surface area contributed by atoms with Crippen molar-refractivity contribution in [1.82, 2.24) is 0 Å². The second-order valence-corrected chi connectivity index (χ2v) is 13.3. The largest absolute Gasteiger partial charge is 0.493 e. The summed E-state index contributed by atoms with van der Waals surface area (Å²) >= 11 is 4.33. The molecular weight excluding hydrogens is 566 g/mol. The summed E-state index contributed by atoms with van der Waals surface area (Å²) in [6, 6.07) is 8.60. The molecule has 0 heterocycles. The van der Waals surface area contributed by atoms with Gasteiger partial charge in [0.05, 0.1) is 13.2 Å². The van der Waals surface area contributed by atoms with Crippen LogP contribution in [-0.2, 0) is 0 Å². The molecule has 38 heavy (non-hydrogen) atoms. The van der Waals surface area contributed by atoms with Crippen molar-refractivity contribution >= 4 is 46.0 Å². The average Bonchev–Trinajstić information content (AvgIpc) is 2.84. The Morgan fingerprint density at radius 1 is 0.632 bits per heavy atom. The van der Waals surface area contributed by atoms with E-state index in [1.54, 1.807) is 21.6 Å². The summed E-state index contributed by atoms with van der Waals surface area (Å²) in [5.74, 6) is 2.90. The van der Waals surface area contributed by atoms with Gasteiger partial charge in [-0.05, 0) is 93.5 Å². The molecule has 9 heteroatoms. The molecule has 2 aromatic carbocycles. The van der Waals surface area contributed by atoms with Crippen molar-refractivity contribution in [3.05, 3.63) is 46.5 Å². The standard InChI is InChI=1S/C29H41F3O2S4/c1-21-17-23(3)27(19-25(21)33-13-9-5-7-11-15-35)37-38-28-20-26(22(2)18-24(28)4)34-14-10-6-8-12-16-36-29(30,31)32/h17-20,35H,5-16H2,1-4H3. The lowest BCUT2D eigenvalue weighted by Gasteiger charge is -2.15. The smallest absolute Gasteiger partial charge is 0.441 e. The zero-order valence-corrected chi connectivity index (χ0v) is 26.3. The van der Waals surface area contributed by atoms with Crippen LogP contribution in [0, 0.1) is 27.7 Å². The Bertz CT molecular complexity index is 983. The van der Waals surface area contributed by atoms with Crippen LogP contribution in [0.3, 0.4) is 0 Å². The van der Waals surface area contributed by atoms with E-state index in [1.165, 1.54) is 28.9 Å². The van der Waals surface area contributed by atoms with Crippen LogP contribution in [0.4, 0.5) is 13.2 Å². The topological polar surface area (TPSA) is 18.5 Å².